The van der Waals surface area contributed by atoms with Gasteiger partial charge in [-0.3, -0.25) is 0 Å². The van der Waals surface area contributed by atoms with Gasteiger partial charge in [0.2, 0.25) is 0 Å². The molecule has 1 N–H and O–H groups in total. The van der Waals surface area contributed by atoms with Crippen LogP contribution in [0.15, 0.2) is 47.3 Å². The van der Waals surface area contributed by atoms with Gasteiger partial charge in [0.15, 0.2) is 5.82 Å². The van der Waals surface area contributed by atoms with Crippen LogP contribution in [-0.2, 0) is 0 Å². The molecule has 0 aliphatic rings. The fraction of sp³-hybridized carbons (Fsp3) is 0.250. The third-order valence-corrected chi connectivity index (χ3v) is 5.46. The van der Waals surface area contributed by atoms with E-state index in [0.717, 1.165) is 30.9 Å². The van der Waals surface area contributed by atoms with Crippen LogP contribution < -0.4 is 14.7 Å². The molecule has 10 nitrogen and oxygen atoms in total. The average molecular weight is 461 g/mol. The molecule has 1 aromatic heterocycles. The topological polar surface area (TPSA) is 120 Å². The Morgan fingerprint density at radius 1 is 1.22 bits per heavy atom. The summed E-state index contributed by atoms with van der Waals surface area (Å²) in [6.07, 6.45) is 1.65. The van der Waals surface area contributed by atoms with E-state index in [2.05, 4.69) is 10.4 Å². The Bertz CT molecular complexity index is 1200. The zero-order valence-corrected chi connectivity index (χ0v) is 18.1. The van der Waals surface area contributed by atoms with Gasteiger partial charge in [0.25, 0.3) is 0 Å². The van der Waals surface area contributed by atoms with Crippen LogP contribution in [0.2, 0.25) is 0 Å². The van der Waals surface area contributed by atoms with Crippen molar-refractivity contribution in [2.45, 2.75) is 19.8 Å². The number of hydrogen-bond donors (Lipinski definition) is 1. The number of benzene rings is 2. The number of carboxylic acid groups (broad SMARTS) is 1. The number of methoxy groups -OCH3 is 1. The molecule has 1 amide bonds. The van der Waals surface area contributed by atoms with E-state index >= 15 is 0 Å². The summed E-state index contributed by atoms with van der Waals surface area (Å²) >= 11 is 1.10. The number of ether oxygens (including phenoxy) is 1. The van der Waals surface area contributed by atoms with Crippen molar-refractivity contribution in [2.24, 2.45) is 0 Å². The molecule has 0 radical (unpaired) electrons. The zero-order valence-electron chi connectivity index (χ0n) is 17.3. The number of hydrogen-bond acceptors (Lipinski definition) is 7. The molecule has 168 valence electrons. The molecule has 0 saturated heterocycles. The number of aromatic nitrogens is 4. The first kappa shape index (κ1) is 23.0. The van der Waals surface area contributed by atoms with Crippen LogP contribution >= 0.6 is 11.9 Å². The molecule has 0 unspecified atom stereocenters. The number of anilines is 1. The standard InChI is InChI=1S/C20H20FN5O5S/c1-3-4-11-32-26(14-8-5-7-13(12-14)18(27)28)20(30)25-19(29)24(22-23-25)17-15(21)9-6-10-16(17)31-2/h5-10,12H,3-4,11H2,1-2H3,(H,27,28). The van der Waals surface area contributed by atoms with Crippen molar-refractivity contribution in [1.29, 1.82) is 0 Å². The molecule has 0 aliphatic heterocycles. The molecule has 2 aromatic carbocycles. The van der Waals surface area contributed by atoms with E-state index < -0.39 is 23.5 Å². The smallest absolute Gasteiger partial charge is 0.377 e. The number of aromatic carboxylic acids is 1. The lowest BCUT2D eigenvalue weighted by atomic mass is 10.2. The fourth-order valence-electron chi connectivity index (χ4n) is 2.76. The maximum atomic E-state index is 14.4. The van der Waals surface area contributed by atoms with Gasteiger partial charge in [0.1, 0.15) is 11.4 Å². The molecule has 12 heteroatoms. The second-order valence-corrected chi connectivity index (χ2v) is 7.53. The van der Waals surface area contributed by atoms with Gasteiger partial charge in [-0.1, -0.05) is 25.5 Å². The predicted molar refractivity (Wildman–Crippen MR) is 116 cm³/mol. The van der Waals surface area contributed by atoms with E-state index in [4.69, 9.17) is 4.74 Å². The summed E-state index contributed by atoms with van der Waals surface area (Å²) < 4.78 is 21.8. The summed E-state index contributed by atoms with van der Waals surface area (Å²) in [6, 6.07) is 8.82. The number of carbonyl (C=O) groups excluding carboxylic acids is 1. The molecule has 3 rings (SSSR count). The number of halogens is 1. The molecule has 1 heterocycles. The molecule has 0 bridgehead atoms. The van der Waals surface area contributed by atoms with E-state index in [1.165, 1.54) is 41.7 Å². The number of tetrazole rings is 1. The molecule has 0 aliphatic carbocycles. The van der Waals surface area contributed by atoms with E-state index in [1.54, 1.807) is 6.07 Å². The second-order valence-electron chi connectivity index (χ2n) is 6.49. The molecule has 0 atom stereocenters. The third kappa shape index (κ3) is 4.64. The highest BCUT2D eigenvalue weighted by atomic mass is 32.2. The normalized spacial score (nSPS) is 10.7. The Hall–Kier alpha value is -3.67. The summed E-state index contributed by atoms with van der Waals surface area (Å²) in [7, 11) is 1.31. The van der Waals surface area contributed by atoms with Crippen molar-refractivity contribution < 1.29 is 23.8 Å². The summed E-state index contributed by atoms with van der Waals surface area (Å²) in [5, 5.41) is 16.5. The average Bonchev–Trinajstić information content (AvgIpc) is 3.17. The Kier molecular flexibility index (Phi) is 7.25. The molecular weight excluding hydrogens is 441 g/mol. The van der Waals surface area contributed by atoms with Crippen LogP contribution in [0, 0.1) is 5.82 Å². The number of nitrogens with zero attached hydrogens (tertiary/aromatic N) is 5. The highest BCUT2D eigenvalue weighted by Crippen LogP contribution is 2.26. The van der Waals surface area contributed by atoms with Crippen LogP contribution in [0.1, 0.15) is 30.1 Å². The van der Waals surface area contributed by atoms with E-state index in [-0.39, 0.29) is 22.7 Å². The lowest BCUT2D eigenvalue weighted by molar-refractivity contribution is 0.0697. The first-order valence-electron chi connectivity index (χ1n) is 9.57. The van der Waals surface area contributed by atoms with E-state index in [1.807, 2.05) is 6.92 Å². The lowest BCUT2D eigenvalue weighted by Crippen LogP contribution is -2.38. The molecule has 0 spiro atoms. The van der Waals surface area contributed by atoms with Crippen LogP contribution in [0.3, 0.4) is 0 Å². The van der Waals surface area contributed by atoms with Gasteiger partial charge in [-0.15, -0.1) is 4.68 Å². The minimum Gasteiger partial charge on any atom is -0.494 e. The van der Waals surface area contributed by atoms with Gasteiger partial charge in [0.05, 0.1) is 18.4 Å². The highest BCUT2D eigenvalue weighted by Gasteiger charge is 2.26. The quantitative estimate of drug-likeness (QED) is 0.309. The van der Waals surface area contributed by atoms with Crippen molar-refractivity contribution >= 4 is 29.6 Å². The Balaban J connectivity index is 2.04. The number of carboxylic acids is 1. The number of unbranched alkanes of at least 4 members (excludes halogenated alkanes) is 1. The lowest BCUT2D eigenvalue weighted by Gasteiger charge is -2.20. The Morgan fingerprint density at radius 2 is 1.97 bits per heavy atom. The number of carbonyl (C=O) groups is 2. The fourth-order valence-corrected chi connectivity index (χ4v) is 3.81. The van der Waals surface area contributed by atoms with Crippen molar-refractivity contribution in [3.05, 3.63) is 64.3 Å². The summed E-state index contributed by atoms with van der Waals surface area (Å²) in [5.41, 5.74) is -1.06. The predicted octanol–water partition coefficient (Wildman–Crippen LogP) is 3.20. The van der Waals surface area contributed by atoms with E-state index in [0.29, 0.717) is 15.1 Å². The van der Waals surface area contributed by atoms with Crippen molar-refractivity contribution in [1.82, 2.24) is 19.8 Å². The monoisotopic (exact) mass is 461 g/mol. The maximum Gasteiger partial charge on any atom is 0.377 e. The molecule has 0 saturated carbocycles. The van der Waals surface area contributed by atoms with Crippen molar-refractivity contribution in [2.75, 3.05) is 17.2 Å². The van der Waals surface area contributed by atoms with Crippen LogP contribution in [0.5, 0.6) is 5.75 Å². The maximum absolute atomic E-state index is 14.4. The summed E-state index contributed by atoms with van der Waals surface area (Å²) in [6.45, 7) is 1.98. The highest BCUT2D eigenvalue weighted by molar-refractivity contribution is 8.01. The first-order chi connectivity index (χ1) is 15.4. The van der Waals surface area contributed by atoms with Crippen LogP contribution in [0.4, 0.5) is 14.9 Å². The first-order valence-corrected chi connectivity index (χ1v) is 10.5. The van der Waals surface area contributed by atoms with Gasteiger partial charge in [-0.2, -0.15) is 4.68 Å². The van der Waals surface area contributed by atoms with Crippen molar-refractivity contribution in [3.63, 3.8) is 0 Å². The molecule has 0 fully saturated rings. The third-order valence-electron chi connectivity index (χ3n) is 4.36. The molecule has 3 aromatic rings. The number of rotatable bonds is 8. The van der Waals surface area contributed by atoms with Gasteiger partial charge in [-0.25, -0.2) is 23.1 Å². The van der Waals surface area contributed by atoms with E-state index in [9.17, 15) is 23.9 Å². The Morgan fingerprint density at radius 3 is 2.66 bits per heavy atom. The van der Waals surface area contributed by atoms with Gasteiger partial charge in [0, 0.05) is 5.75 Å². The van der Waals surface area contributed by atoms with Gasteiger partial charge >= 0.3 is 17.7 Å². The largest absolute Gasteiger partial charge is 0.494 e. The van der Waals surface area contributed by atoms with Crippen molar-refractivity contribution in [3.8, 4) is 11.4 Å². The van der Waals surface area contributed by atoms with Crippen LogP contribution in [0.25, 0.3) is 5.69 Å². The SMILES string of the molecule is CCCCSN(C(=O)n1nnn(-c2c(F)cccc2OC)c1=O)c1cccc(C(=O)O)c1. The Labute approximate surface area is 186 Å². The summed E-state index contributed by atoms with van der Waals surface area (Å²) in [5.74, 6) is -1.37. The minimum atomic E-state index is -1.16. The summed E-state index contributed by atoms with van der Waals surface area (Å²) in [4.78, 5) is 37.4. The second kappa shape index (κ2) is 10.1. The minimum absolute atomic E-state index is 0.0246. The number of amides is 1. The van der Waals surface area contributed by atoms with Crippen LogP contribution in [-0.4, -0.2) is 49.8 Å². The van der Waals surface area contributed by atoms with Gasteiger partial charge < -0.3 is 9.84 Å². The number of para-hydroxylation sites is 1. The van der Waals surface area contributed by atoms with Gasteiger partial charge in [-0.05, 0) is 59.1 Å². The molecular formula is C20H20FN5O5S. The zero-order chi connectivity index (χ0) is 23.3. The molecule has 32 heavy (non-hydrogen) atoms.